The zero-order valence-electron chi connectivity index (χ0n) is 15.4. The van der Waals surface area contributed by atoms with Crippen molar-refractivity contribution in [1.29, 1.82) is 0 Å². The fraction of sp³-hybridized carbons (Fsp3) is 0.238. The van der Waals surface area contributed by atoms with E-state index in [9.17, 15) is 9.90 Å². The van der Waals surface area contributed by atoms with E-state index in [0.717, 1.165) is 11.1 Å². The van der Waals surface area contributed by atoms with Gasteiger partial charge in [0.1, 0.15) is 0 Å². The van der Waals surface area contributed by atoms with Gasteiger partial charge in [0.25, 0.3) is 5.91 Å². The van der Waals surface area contributed by atoms with E-state index < -0.39 is 6.10 Å². The molecule has 2 heterocycles. The summed E-state index contributed by atoms with van der Waals surface area (Å²) < 4.78 is 0. The van der Waals surface area contributed by atoms with Crippen LogP contribution in [0.15, 0.2) is 61.1 Å². The van der Waals surface area contributed by atoms with E-state index in [1.807, 2.05) is 42.5 Å². The molecule has 0 aliphatic carbocycles. The minimum atomic E-state index is -0.605. The average molecular weight is 362 g/mol. The molecule has 138 valence electrons. The van der Waals surface area contributed by atoms with Crippen molar-refractivity contribution < 1.29 is 9.90 Å². The van der Waals surface area contributed by atoms with E-state index >= 15 is 0 Å². The molecule has 0 spiro atoms. The van der Waals surface area contributed by atoms with Gasteiger partial charge in [-0.2, -0.15) is 0 Å². The number of carbonyl (C=O) groups is 1. The maximum Gasteiger partial charge on any atom is 0.257 e. The van der Waals surface area contributed by atoms with E-state index in [0.29, 0.717) is 30.0 Å². The summed E-state index contributed by atoms with van der Waals surface area (Å²) in [7, 11) is 1.72. The number of hydrogen-bond acceptors (Lipinski definition) is 5. The Hall–Kier alpha value is -3.12. The van der Waals surface area contributed by atoms with Gasteiger partial charge in [-0.05, 0) is 31.0 Å². The highest BCUT2D eigenvalue weighted by Gasteiger charge is 2.18. The molecular weight excluding hydrogens is 340 g/mol. The Morgan fingerprint density at radius 1 is 1.15 bits per heavy atom. The Kier molecular flexibility index (Phi) is 5.88. The molecule has 6 nitrogen and oxygen atoms in total. The van der Waals surface area contributed by atoms with Crippen molar-refractivity contribution in [3.05, 3.63) is 77.9 Å². The highest BCUT2D eigenvalue weighted by molar-refractivity contribution is 5.94. The van der Waals surface area contributed by atoms with Gasteiger partial charge < -0.3 is 10.0 Å². The van der Waals surface area contributed by atoms with Crippen molar-refractivity contribution in [2.75, 3.05) is 13.6 Å². The van der Waals surface area contributed by atoms with Crippen LogP contribution in [0.4, 0.5) is 0 Å². The molecule has 1 atom stereocenters. The minimum absolute atomic E-state index is 0.162. The Morgan fingerprint density at radius 3 is 2.59 bits per heavy atom. The first-order chi connectivity index (χ1) is 13.1. The highest BCUT2D eigenvalue weighted by atomic mass is 16.3. The monoisotopic (exact) mass is 362 g/mol. The summed E-state index contributed by atoms with van der Waals surface area (Å²) in [5.41, 5.74) is 2.72. The number of aliphatic hydroxyl groups is 1. The Labute approximate surface area is 158 Å². The molecule has 1 amide bonds. The number of pyridine rings is 1. The first kappa shape index (κ1) is 18.7. The van der Waals surface area contributed by atoms with Crippen LogP contribution in [0.25, 0.3) is 11.4 Å². The second kappa shape index (κ2) is 8.51. The average Bonchev–Trinajstić information content (AvgIpc) is 2.72. The lowest BCUT2D eigenvalue weighted by molar-refractivity contribution is 0.0759. The Morgan fingerprint density at radius 2 is 1.93 bits per heavy atom. The van der Waals surface area contributed by atoms with E-state index in [4.69, 9.17) is 0 Å². The fourth-order valence-electron chi connectivity index (χ4n) is 2.78. The lowest BCUT2D eigenvalue weighted by Gasteiger charge is -2.20. The Bertz CT molecular complexity index is 901. The lowest BCUT2D eigenvalue weighted by atomic mass is 10.1. The van der Waals surface area contributed by atoms with Gasteiger partial charge in [0.15, 0.2) is 5.82 Å². The molecule has 3 aromatic rings. The van der Waals surface area contributed by atoms with Gasteiger partial charge in [-0.15, -0.1) is 0 Å². The van der Waals surface area contributed by atoms with Crippen molar-refractivity contribution >= 4 is 5.91 Å². The van der Waals surface area contributed by atoms with Crippen LogP contribution in [-0.2, 0) is 0 Å². The van der Waals surface area contributed by atoms with Gasteiger partial charge in [-0.25, -0.2) is 9.97 Å². The maximum absolute atomic E-state index is 12.7. The van der Waals surface area contributed by atoms with Gasteiger partial charge in [-0.1, -0.05) is 30.3 Å². The molecule has 0 aliphatic heterocycles. The topological polar surface area (TPSA) is 79.2 Å². The maximum atomic E-state index is 12.7. The summed E-state index contributed by atoms with van der Waals surface area (Å²) in [5, 5.41) is 10.3. The molecule has 0 aliphatic rings. The predicted octanol–water partition coefficient (Wildman–Crippen LogP) is 3.04. The van der Waals surface area contributed by atoms with Crippen molar-refractivity contribution in [1.82, 2.24) is 19.9 Å². The van der Waals surface area contributed by atoms with Crippen molar-refractivity contribution in [2.45, 2.75) is 19.4 Å². The summed E-state index contributed by atoms with van der Waals surface area (Å²) in [6.07, 6.45) is 4.78. The summed E-state index contributed by atoms with van der Waals surface area (Å²) in [6, 6.07) is 13.1. The summed E-state index contributed by atoms with van der Waals surface area (Å²) in [6.45, 7) is 2.22. The van der Waals surface area contributed by atoms with Crippen molar-refractivity contribution in [3.63, 3.8) is 0 Å². The fourth-order valence-corrected chi connectivity index (χ4v) is 2.78. The molecule has 27 heavy (non-hydrogen) atoms. The third-order valence-electron chi connectivity index (χ3n) is 4.40. The summed E-state index contributed by atoms with van der Waals surface area (Å²) >= 11 is 0. The smallest absolute Gasteiger partial charge is 0.257 e. The van der Waals surface area contributed by atoms with Crippen molar-refractivity contribution in [3.8, 4) is 11.4 Å². The van der Waals surface area contributed by atoms with Gasteiger partial charge in [0.2, 0.25) is 0 Å². The molecule has 1 N–H and O–H groups in total. The molecule has 1 unspecified atom stereocenters. The number of nitrogens with zero attached hydrogens (tertiary/aromatic N) is 4. The number of amides is 1. The standard InChI is InChI=1S/C21H22N4O2/c1-15-18(14-23-20(24-15)17-9-6-11-22-13-17)21(27)25(2)12-10-19(26)16-7-4-3-5-8-16/h3-9,11,13-14,19,26H,10,12H2,1-2H3. The molecule has 1 aromatic carbocycles. The van der Waals surface area contributed by atoms with Crippen LogP contribution in [0.1, 0.15) is 34.1 Å². The molecule has 0 fully saturated rings. The van der Waals surface area contributed by atoms with Gasteiger partial charge in [0, 0.05) is 37.7 Å². The quantitative estimate of drug-likeness (QED) is 0.729. The zero-order valence-corrected chi connectivity index (χ0v) is 15.4. The highest BCUT2D eigenvalue weighted by Crippen LogP contribution is 2.18. The van der Waals surface area contributed by atoms with Crippen LogP contribution in [0.5, 0.6) is 0 Å². The number of hydrogen-bond donors (Lipinski definition) is 1. The SMILES string of the molecule is Cc1nc(-c2cccnc2)ncc1C(=O)N(C)CCC(O)c1ccccc1. The third-order valence-corrected chi connectivity index (χ3v) is 4.40. The first-order valence-electron chi connectivity index (χ1n) is 8.79. The van der Waals surface area contributed by atoms with Crippen LogP contribution < -0.4 is 0 Å². The van der Waals surface area contributed by atoms with Crippen LogP contribution in [-0.4, -0.2) is 44.5 Å². The largest absolute Gasteiger partial charge is 0.388 e. The molecule has 0 bridgehead atoms. The number of aromatic nitrogens is 3. The lowest BCUT2D eigenvalue weighted by Crippen LogP contribution is -2.29. The molecule has 6 heteroatoms. The van der Waals surface area contributed by atoms with Gasteiger partial charge >= 0.3 is 0 Å². The molecule has 3 rings (SSSR count). The second-order valence-corrected chi connectivity index (χ2v) is 6.38. The van der Waals surface area contributed by atoms with Gasteiger partial charge in [0.05, 0.1) is 17.4 Å². The van der Waals surface area contributed by atoms with E-state index in [-0.39, 0.29) is 5.91 Å². The van der Waals surface area contributed by atoms with Gasteiger partial charge in [-0.3, -0.25) is 9.78 Å². The number of rotatable bonds is 6. The van der Waals surface area contributed by atoms with E-state index in [2.05, 4.69) is 15.0 Å². The number of benzene rings is 1. The molecule has 0 saturated carbocycles. The summed E-state index contributed by atoms with van der Waals surface area (Å²) in [4.78, 5) is 27.1. The molecule has 2 aromatic heterocycles. The molecular formula is C21H22N4O2. The van der Waals surface area contributed by atoms with Crippen LogP contribution >= 0.6 is 0 Å². The van der Waals surface area contributed by atoms with Crippen LogP contribution in [0.3, 0.4) is 0 Å². The zero-order chi connectivity index (χ0) is 19.2. The third kappa shape index (κ3) is 4.54. The second-order valence-electron chi connectivity index (χ2n) is 6.38. The van der Waals surface area contributed by atoms with Crippen molar-refractivity contribution in [2.24, 2.45) is 0 Å². The van der Waals surface area contributed by atoms with E-state index in [1.54, 1.807) is 37.5 Å². The minimum Gasteiger partial charge on any atom is -0.388 e. The van der Waals surface area contributed by atoms with Crippen LogP contribution in [0.2, 0.25) is 0 Å². The molecule has 0 radical (unpaired) electrons. The Balaban J connectivity index is 1.66. The van der Waals surface area contributed by atoms with Crippen LogP contribution in [0, 0.1) is 6.92 Å². The number of carbonyl (C=O) groups excluding carboxylic acids is 1. The molecule has 0 saturated heterocycles. The predicted molar refractivity (Wildman–Crippen MR) is 103 cm³/mol. The normalized spacial score (nSPS) is 11.8. The number of aliphatic hydroxyl groups excluding tert-OH is 1. The summed E-state index contributed by atoms with van der Waals surface area (Å²) in [5.74, 6) is 0.379. The number of aryl methyl sites for hydroxylation is 1. The van der Waals surface area contributed by atoms with E-state index in [1.165, 1.54) is 0 Å². The first-order valence-corrected chi connectivity index (χ1v) is 8.79.